The van der Waals surface area contributed by atoms with E-state index in [0.717, 1.165) is 26.2 Å². The van der Waals surface area contributed by atoms with Gasteiger partial charge in [0, 0.05) is 43.0 Å². The Kier molecular flexibility index (Phi) is 4.71. The minimum atomic E-state index is -0.117. The van der Waals surface area contributed by atoms with E-state index in [0.29, 0.717) is 22.7 Å². The Balaban J connectivity index is 1.41. The molecule has 1 saturated carbocycles. The molecule has 2 aromatic carbocycles. The third-order valence-electron chi connectivity index (χ3n) is 4.99. The molecule has 5 nitrogen and oxygen atoms in total. The van der Waals surface area contributed by atoms with Crippen LogP contribution in [0.4, 0.5) is 5.69 Å². The Hall–Kier alpha value is -2.66. The Morgan fingerprint density at radius 2 is 1.69 bits per heavy atom. The molecule has 1 aliphatic carbocycles. The van der Waals surface area contributed by atoms with Crippen molar-refractivity contribution in [2.75, 3.05) is 31.5 Å². The van der Waals surface area contributed by atoms with Gasteiger partial charge in [-0.25, -0.2) is 0 Å². The van der Waals surface area contributed by atoms with Gasteiger partial charge in [0.15, 0.2) is 0 Å². The van der Waals surface area contributed by atoms with Crippen LogP contribution in [0.2, 0.25) is 0 Å². The summed E-state index contributed by atoms with van der Waals surface area (Å²) in [4.78, 5) is 26.8. The van der Waals surface area contributed by atoms with Crippen molar-refractivity contribution >= 4 is 17.5 Å². The second-order valence-corrected chi connectivity index (χ2v) is 6.97. The molecule has 0 radical (unpaired) electrons. The van der Waals surface area contributed by atoms with Crippen LogP contribution in [0, 0.1) is 0 Å². The maximum atomic E-state index is 12.5. The van der Waals surface area contributed by atoms with Crippen LogP contribution >= 0.6 is 0 Å². The molecule has 4 rings (SSSR count). The predicted molar refractivity (Wildman–Crippen MR) is 102 cm³/mol. The molecule has 2 fully saturated rings. The summed E-state index contributed by atoms with van der Waals surface area (Å²) >= 11 is 0. The van der Waals surface area contributed by atoms with Crippen molar-refractivity contribution in [2.24, 2.45) is 0 Å². The van der Waals surface area contributed by atoms with Crippen LogP contribution in [0.1, 0.15) is 45.0 Å². The summed E-state index contributed by atoms with van der Waals surface area (Å²) < 4.78 is 0. The van der Waals surface area contributed by atoms with Crippen molar-refractivity contribution in [1.82, 2.24) is 10.2 Å². The van der Waals surface area contributed by atoms with Crippen molar-refractivity contribution in [3.63, 3.8) is 0 Å². The minimum absolute atomic E-state index is 0.0431. The van der Waals surface area contributed by atoms with Gasteiger partial charge in [-0.05, 0) is 60.7 Å². The average molecular weight is 349 g/mol. The second-order valence-electron chi connectivity index (χ2n) is 6.97. The van der Waals surface area contributed by atoms with Gasteiger partial charge in [-0.3, -0.25) is 9.59 Å². The number of nitrogens with one attached hydrogen (secondary N) is 2. The van der Waals surface area contributed by atoms with Gasteiger partial charge in [0.05, 0.1) is 0 Å². The second kappa shape index (κ2) is 7.30. The van der Waals surface area contributed by atoms with Gasteiger partial charge in [-0.2, -0.15) is 0 Å². The predicted octanol–water partition coefficient (Wildman–Crippen LogP) is 2.86. The van der Waals surface area contributed by atoms with E-state index in [1.165, 1.54) is 18.4 Å². The molecule has 0 atom stereocenters. The fourth-order valence-electron chi connectivity index (χ4n) is 3.30. The van der Waals surface area contributed by atoms with E-state index in [1.54, 1.807) is 24.3 Å². The molecule has 0 bridgehead atoms. The SMILES string of the molecule is O=C(Nc1ccc(C(=O)N2CCNCC2)cc1)c1cccc(C2CC2)c1. The van der Waals surface area contributed by atoms with Crippen LogP contribution in [0.25, 0.3) is 0 Å². The summed E-state index contributed by atoms with van der Waals surface area (Å²) in [7, 11) is 0. The molecule has 2 amide bonds. The summed E-state index contributed by atoms with van der Waals surface area (Å²) in [5.41, 5.74) is 3.27. The molecule has 134 valence electrons. The van der Waals surface area contributed by atoms with Crippen molar-refractivity contribution in [2.45, 2.75) is 18.8 Å². The highest BCUT2D eigenvalue weighted by molar-refractivity contribution is 6.04. The Bertz CT molecular complexity index is 806. The van der Waals surface area contributed by atoms with Crippen molar-refractivity contribution < 1.29 is 9.59 Å². The van der Waals surface area contributed by atoms with Crippen LogP contribution < -0.4 is 10.6 Å². The normalized spacial score (nSPS) is 17.0. The molecular weight excluding hydrogens is 326 g/mol. The number of rotatable bonds is 4. The van der Waals surface area contributed by atoms with E-state index < -0.39 is 0 Å². The first kappa shape index (κ1) is 16.8. The molecule has 0 aromatic heterocycles. The average Bonchev–Trinajstić information content (AvgIpc) is 3.54. The summed E-state index contributed by atoms with van der Waals surface area (Å²) in [5.74, 6) is 0.549. The number of nitrogens with zero attached hydrogens (tertiary/aromatic N) is 1. The fraction of sp³-hybridized carbons (Fsp3) is 0.333. The number of hydrogen-bond acceptors (Lipinski definition) is 3. The van der Waals surface area contributed by atoms with E-state index >= 15 is 0 Å². The van der Waals surface area contributed by atoms with E-state index in [9.17, 15) is 9.59 Å². The Morgan fingerprint density at radius 1 is 0.962 bits per heavy atom. The maximum Gasteiger partial charge on any atom is 0.255 e. The van der Waals surface area contributed by atoms with Gasteiger partial charge in [0.1, 0.15) is 0 Å². The number of anilines is 1. The lowest BCUT2D eigenvalue weighted by Crippen LogP contribution is -2.46. The topological polar surface area (TPSA) is 61.4 Å². The minimum Gasteiger partial charge on any atom is -0.336 e. The lowest BCUT2D eigenvalue weighted by Gasteiger charge is -2.27. The smallest absolute Gasteiger partial charge is 0.255 e. The Morgan fingerprint density at radius 3 is 2.38 bits per heavy atom. The van der Waals surface area contributed by atoms with Crippen LogP contribution in [0.5, 0.6) is 0 Å². The molecule has 1 heterocycles. The summed E-state index contributed by atoms with van der Waals surface area (Å²) in [5, 5.41) is 6.16. The van der Waals surface area contributed by atoms with E-state index in [-0.39, 0.29) is 11.8 Å². The van der Waals surface area contributed by atoms with Gasteiger partial charge in [0.25, 0.3) is 11.8 Å². The zero-order valence-corrected chi connectivity index (χ0v) is 14.7. The number of carbonyl (C=O) groups is 2. The van der Waals surface area contributed by atoms with Crippen molar-refractivity contribution in [3.8, 4) is 0 Å². The van der Waals surface area contributed by atoms with E-state index in [4.69, 9.17) is 0 Å². The van der Waals surface area contributed by atoms with Gasteiger partial charge < -0.3 is 15.5 Å². The molecule has 0 spiro atoms. The molecule has 1 aliphatic heterocycles. The molecule has 2 aromatic rings. The molecule has 1 saturated heterocycles. The number of hydrogen-bond donors (Lipinski definition) is 2. The zero-order valence-electron chi connectivity index (χ0n) is 14.7. The maximum absolute atomic E-state index is 12.5. The quantitative estimate of drug-likeness (QED) is 0.892. The Labute approximate surface area is 153 Å². The van der Waals surface area contributed by atoms with E-state index in [2.05, 4.69) is 16.7 Å². The summed E-state index contributed by atoms with van der Waals surface area (Å²) in [6.45, 7) is 3.13. The third-order valence-corrected chi connectivity index (χ3v) is 4.99. The van der Waals surface area contributed by atoms with Gasteiger partial charge >= 0.3 is 0 Å². The number of benzene rings is 2. The highest BCUT2D eigenvalue weighted by atomic mass is 16.2. The monoisotopic (exact) mass is 349 g/mol. The van der Waals surface area contributed by atoms with Crippen LogP contribution in [0.3, 0.4) is 0 Å². The number of amides is 2. The first-order valence-corrected chi connectivity index (χ1v) is 9.22. The molecular formula is C21H23N3O2. The van der Waals surface area contributed by atoms with Gasteiger partial charge in [-0.15, -0.1) is 0 Å². The van der Waals surface area contributed by atoms with E-state index in [1.807, 2.05) is 23.1 Å². The van der Waals surface area contributed by atoms with Crippen molar-refractivity contribution in [3.05, 3.63) is 65.2 Å². The van der Waals surface area contributed by atoms with Crippen LogP contribution in [-0.4, -0.2) is 42.9 Å². The highest BCUT2D eigenvalue weighted by Gasteiger charge is 2.24. The number of carbonyl (C=O) groups excluding carboxylic acids is 2. The van der Waals surface area contributed by atoms with Crippen molar-refractivity contribution in [1.29, 1.82) is 0 Å². The molecule has 0 unspecified atom stereocenters. The summed E-state index contributed by atoms with van der Waals surface area (Å²) in [6, 6.07) is 15.0. The third kappa shape index (κ3) is 3.78. The standard InChI is InChI=1S/C21H23N3O2/c25-20(18-3-1-2-17(14-18)15-4-5-15)23-19-8-6-16(7-9-19)21(26)24-12-10-22-11-13-24/h1-3,6-9,14-15,22H,4-5,10-13H2,(H,23,25). The first-order chi connectivity index (χ1) is 12.7. The summed E-state index contributed by atoms with van der Waals surface area (Å²) in [6.07, 6.45) is 2.43. The lowest BCUT2D eigenvalue weighted by molar-refractivity contribution is 0.0735. The molecule has 26 heavy (non-hydrogen) atoms. The largest absolute Gasteiger partial charge is 0.336 e. The molecule has 2 N–H and O–H groups in total. The molecule has 5 heteroatoms. The van der Waals surface area contributed by atoms with Crippen LogP contribution in [0.15, 0.2) is 48.5 Å². The van der Waals surface area contributed by atoms with Gasteiger partial charge in [0.2, 0.25) is 0 Å². The highest BCUT2D eigenvalue weighted by Crippen LogP contribution is 2.40. The van der Waals surface area contributed by atoms with Crippen LogP contribution in [-0.2, 0) is 0 Å². The lowest BCUT2D eigenvalue weighted by atomic mass is 10.1. The van der Waals surface area contributed by atoms with Gasteiger partial charge in [-0.1, -0.05) is 12.1 Å². The first-order valence-electron chi connectivity index (χ1n) is 9.22. The fourth-order valence-corrected chi connectivity index (χ4v) is 3.30. The number of piperazine rings is 1. The zero-order chi connectivity index (χ0) is 17.9. The molecule has 2 aliphatic rings.